The van der Waals surface area contributed by atoms with E-state index in [1.807, 2.05) is 6.07 Å². The molecule has 1 aliphatic heterocycles. The second-order valence-corrected chi connectivity index (χ2v) is 6.59. The molecule has 6 heteroatoms. The lowest BCUT2D eigenvalue weighted by atomic mass is 10.0. The quantitative estimate of drug-likeness (QED) is 0.884. The number of amides is 1. The minimum absolute atomic E-state index is 0.0337. The zero-order chi connectivity index (χ0) is 15.8. The number of fused-ring (bicyclic) bond motifs is 1. The third kappa shape index (κ3) is 2.83. The molecule has 23 heavy (non-hydrogen) atoms. The van der Waals surface area contributed by atoms with Gasteiger partial charge in [-0.25, -0.2) is 4.98 Å². The van der Waals surface area contributed by atoms with Crippen molar-refractivity contribution in [2.24, 2.45) is 0 Å². The van der Waals surface area contributed by atoms with E-state index < -0.39 is 0 Å². The Morgan fingerprint density at radius 2 is 2.30 bits per heavy atom. The summed E-state index contributed by atoms with van der Waals surface area (Å²) < 4.78 is 5.43. The first-order chi connectivity index (χ1) is 11.3. The fourth-order valence-corrected chi connectivity index (χ4v) is 3.25. The first-order valence-corrected chi connectivity index (χ1v) is 8.57. The number of hydrogen-bond acceptors (Lipinski definition) is 5. The summed E-state index contributed by atoms with van der Waals surface area (Å²) in [6, 6.07) is 2.15. The Balaban J connectivity index is 1.74. The van der Waals surface area contributed by atoms with Gasteiger partial charge in [0, 0.05) is 24.2 Å². The van der Waals surface area contributed by atoms with Crippen molar-refractivity contribution in [2.75, 3.05) is 13.1 Å². The predicted octanol–water partition coefficient (Wildman–Crippen LogP) is 2.14. The third-order valence-electron chi connectivity index (χ3n) is 4.66. The van der Waals surface area contributed by atoms with Crippen LogP contribution < -0.4 is 10.6 Å². The molecule has 2 aromatic rings. The van der Waals surface area contributed by atoms with Crippen molar-refractivity contribution in [3.63, 3.8) is 0 Å². The van der Waals surface area contributed by atoms with E-state index in [4.69, 9.17) is 4.52 Å². The van der Waals surface area contributed by atoms with Crippen LogP contribution in [-0.2, 0) is 6.42 Å². The zero-order valence-corrected chi connectivity index (χ0v) is 13.4. The maximum Gasteiger partial charge on any atom is 0.259 e. The molecule has 1 atom stereocenters. The Bertz CT molecular complexity index is 730. The van der Waals surface area contributed by atoms with E-state index in [9.17, 15) is 4.79 Å². The number of rotatable bonds is 5. The molecule has 2 aromatic heterocycles. The summed E-state index contributed by atoms with van der Waals surface area (Å²) in [6.07, 6.45) is 5.01. The van der Waals surface area contributed by atoms with E-state index in [1.165, 1.54) is 0 Å². The first-order valence-electron chi connectivity index (χ1n) is 8.57. The molecule has 2 aliphatic rings. The van der Waals surface area contributed by atoms with E-state index >= 15 is 0 Å². The highest BCUT2D eigenvalue weighted by molar-refractivity contribution is 6.06. The summed E-state index contributed by atoms with van der Waals surface area (Å²) in [5, 5.41) is 11.4. The largest absolute Gasteiger partial charge is 0.348 e. The molecule has 3 heterocycles. The fourth-order valence-electron chi connectivity index (χ4n) is 3.25. The number of aryl methyl sites for hydroxylation is 1. The van der Waals surface area contributed by atoms with Gasteiger partial charge in [0.1, 0.15) is 0 Å². The van der Waals surface area contributed by atoms with Gasteiger partial charge in [0.15, 0.2) is 0 Å². The molecule has 1 saturated heterocycles. The van der Waals surface area contributed by atoms with E-state index in [-0.39, 0.29) is 11.9 Å². The van der Waals surface area contributed by atoms with E-state index in [1.54, 1.807) is 0 Å². The van der Waals surface area contributed by atoms with Crippen molar-refractivity contribution < 1.29 is 9.32 Å². The average Bonchev–Trinajstić information content (AvgIpc) is 3.14. The van der Waals surface area contributed by atoms with Gasteiger partial charge in [-0.05, 0) is 38.3 Å². The summed E-state index contributed by atoms with van der Waals surface area (Å²) in [5.74, 6) is 0.437. The maximum atomic E-state index is 12.8. The summed E-state index contributed by atoms with van der Waals surface area (Å²) in [5.41, 5.74) is 2.99. The molecule has 2 N–H and O–H groups in total. The van der Waals surface area contributed by atoms with Crippen LogP contribution in [0, 0.1) is 0 Å². The molecule has 1 unspecified atom stereocenters. The molecular weight excluding hydrogens is 292 g/mol. The van der Waals surface area contributed by atoms with Crippen molar-refractivity contribution in [1.82, 2.24) is 20.8 Å². The van der Waals surface area contributed by atoms with Crippen LogP contribution in [0.3, 0.4) is 0 Å². The van der Waals surface area contributed by atoms with Gasteiger partial charge in [-0.3, -0.25) is 4.79 Å². The Kier molecular flexibility index (Phi) is 3.77. The van der Waals surface area contributed by atoms with Gasteiger partial charge < -0.3 is 15.2 Å². The smallest absolute Gasteiger partial charge is 0.259 e. The second-order valence-electron chi connectivity index (χ2n) is 6.59. The Hall–Kier alpha value is -1.95. The van der Waals surface area contributed by atoms with E-state index in [0.29, 0.717) is 17.2 Å². The van der Waals surface area contributed by atoms with Gasteiger partial charge in [0.25, 0.3) is 11.6 Å². The number of carbonyl (C=O) groups is 1. The molecule has 0 aromatic carbocycles. The van der Waals surface area contributed by atoms with Gasteiger partial charge in [0.05, 0.1) is 16.6 Å². The van der Waals surface area contributed by atoms with Crippen molar-refractivity contribution in [3.8, 4) is 0 Å². The molecule has 122 valence electrons. The number of nitrogens with zero attached hydrogens (tertiary/aromatic N) is 2. The van der Waals surface area contributed by atoms with Gasteiger partial charge in [-0.15, -0.1) is 0 Å². The van der Waals surface area contributed by atoms with Crippen molar-refractivity contribution >= 4 is 17.0 Å². The molecular formula is C17H22N4O2. The van der Waals surface area contributed by atoms with Gasteiger partial charge in [-0.2, -0.15) is 0 Å². The standard InChI is InChI=1S/C17H22N4O2/c1-2-3-13-15-12(16(22)19-11-6-7-18-9-11)8-14(10-4-5-10)20-17(15)23-21-13/h8,10-11,18H,2-7,9H2,1H3,(H,19,22). The monoisotopic (exact) mass is 314 g/mol. The molecule has 0 bridgehead atoms. The minimum Gasteiger partial charge on any atom is -0.348 e. The number of pyridine rings is 1. The van der Waals surface area contributed by atoms with Crippen LogP contribution in [0.2, 0.25) is 0 Å². The number of carbonyl (C=O) groups excluding carboxylic acids is 1. The van der Waals surface area contributed by atoms with Crippen molar-refractivity contribution in [1.29, 1.82) is 0 Å². The average molecular weight is 314 g/mol. The highest BCUT2D eigenvalue weighted by Gasteiger charge is 2.29. The van der Waals surface area contributed by atoms with Gasteiger partial charge in [0.2, 0.25) is 0 Å². The highest BCUT2D eigenvalue weighted by Crippen LogP contribution is 2.40. The summed E-state index contributed by atoms with van der Waals surface area (Å²) in [7, 11) is 0. The van der Waals surface area contributed by atoms with Crippen LogP contribution in [0.15, 0.2) is 10.6 Å². The van der Waals surface area contributed by atoms with Crippen molar-refractivity contribution in [3.05, 3.63) is 23.0 Å². The zero-order valence-electron chi connectivity index (χ0n) is 13.4. The third-order valence-corrected chi connectivity index (χ3v) is 4.66. The van der Waals surface area contributed by atoms with Gasteiger partial charge in [-0.1, -0.05) is 18.5 Å². The molecule has 2 fully saturated rings. The SMILES string of the molecule is CCCc1noc2nc(C3CC3)cc(C(=O)NC3CCNC3)c12. The highest BCUT2D eigenvalue weighted by atomic mass is 16.5. The molecule has 6 nitrogen and oxygen atoms in total. The lowest BCUT2D eigenvalue weighted by Crippen LogP contribution is -2.36. The second kappa shape index (κ2) is 5.92. The molecule has 1 aliphatic carbocycles. The van der Waals surface area contributed by atoms with Crippen LogP contribution in [-0.4, -0.2) is 35.2 Å². The van der Waals surface area contributed by atoms with Crippen LogP contribution in [0.1, 0.15) is 60.3 Å². The van der Waals surface area contributed by atoms with Crippen LogP contribution >= 0.6 is 0 Å². The Morgan fingerprint density at radius 1 is 1.43 bits per heavy atom. The van der Waals surface area contributed by atoms with Crippen molar-refractivity contribution in [2.45, 2.75) is 51.0 Å². The van der Waals surface area contributed by atoms with Crippen LogP contribution in [0.5, 0.6) is 0 Å². The topological polar surface area (TPSA) is 80.0 Å². The summed E-state index contributed by atoms with van der Waals surface area (Å²) in [6.45, 7) is 3.88. The number of hydrogen-bond donors (Lipinski definition) is 2. The molecule has 0 spiro atoms. The summed E-state index contributed by atoms with van der Waals surface area (Å²) >= 11 is 0. The first kappa shape index (κ1) is 14.6. The molecule has 0 radical (unpaired) electrons. The summed E-state index contributed by atoms with van der Waals surface area (Å²) in [4.78, 5) is 17.4. The molecule has 1 saturated carbocycles. The minimum atomic E-state index is -0.0337. The predicted molar refractivity (Wildman–Crippen MR) is 86.5 cm³/mol. The number of aromatic nitrogens is 2. The lowest BCUT2D eigenvalue weighted by Gasteiger charge is -2.12. The van der Waals surface area contributed by atoms with E-state index in [2.05, 4.69) is 27.7 Å². The maximum absolute atomic E-state index is 12.8. The van der Waals surface area contributed by atoms with Crippen LogP contribution in [0.25, 0.3) is 11.1 Å². The lowest BCUT2D eigenvalue weighted by molar-refractivity contribution is 0.0941. The fraction of sp³-hybridized carbons (Fsp3) is 0.588. The Morgan fingerprint density at radius 3 is 3.00 bits per heavy atom. The molecule has 1 amide bonds. The molecule has 4 rings (SSSR count). The number of nitrogens with one attached hydrogen (secondary N) is 2. The van der Waals surface area contributed by atoms with Gasteiger partial charge >= 0.3 is 0 Å². The Labute approximate surface area is 135 Å². The normalized spacial score (nSPS) is 21.0. The van der Waals surface area contributed by atoms with Crippen LogP contribution in [0.4, 0.5) is 0 Å². The van der Waals surface area contributed by atoms with E-state index in [0.717, 1.165) is 62.0 Å².